The molecule has 1 aliphatic rings. The molecule has 2 N–H and O–H groups in total. The number of piperidine rings is 1. The number of guanidine groups is 1. The summed E-state index contributed by atoms with van der Waals surface area (Å²) in [5, 5.41) is 6.63. The van der Waals surface area contributed by atoms with E-state index in [0.717, 1.165) is 38.6 Å². The van der Waals surface area contributed by atoms with Crippen molar-refractivity contribution in [2.45, 2.75) is 45.7 Å². The number of hydrogen-bond acceptors (Lipinski definition) is 3. The highest BCUT2D eigenvalue weighted by atomic mass is 16.5. The van der Waals surface area contributed by atoms with Gasteiger partial charge in [0.2, 0.25) is 0 Å². The van der Waals surface area contributed by atoms with Crippen molar-refractivity contribution in [3.8, 4) is 0 Å². The lowest BCUT2D eigenvalue weighted by molar-refractivity contribution is 0.195. The quantitative estimate of drug-likeness (QED) is 0.410. The van der Waals surface area contributed by atoms with Crippen molar-refractivity contribution in [1.82, 2.24) is 15.5 Å². The predicted molar refractivity (Wildman–Crippen MR) is 105 cm³/mol. The summed E-state index contributed by atoms with van der Waals surface area (Å²) in [5.41, 5.74) is 2.65. The van der Waals surface area contributed by atoms with Crippen LogP contribution in [-0.2, 0) is 17.8 Å². The fourth-order valence-electron chi connectivity index (χ4n) is 3.06. The molecule has 0 bridgehead atoms. The van der Waals surface area contributed by atoms with Crippen LogP contribution < -0.4 is 10.6 Å². The summed E-state index contributed by atoms with van der Waals surface area (Å²) in [6.07, 6.45) is 5.06. The Kier molecular flexibility index (Phi) is 9.37. The molecule has 1 aromatic rings. The van der Waals surface area contributed by atoms with Gasteiger partial charge >= 0.3 is 0 Å². The molecule has 0 radical (unpaired) electrons. The Bertz CT molecular complexity index is 495. The van der Waals surface area contributed by atoms with E-state index in [2.05, 4.69) is 51.7 Å². The normalized spacial score (nSPS) is 16.0. The first-order chi connectivity index (χ1) is 12.3. The molecule has 140 valence electrons. The predicted octanol–water partition coefficient (Wildman–Crippen LogP) is 2.76. The average molecular weight is 347 g/mol. The number of methoxy groups -OCH3 is 1. The third-order valence-electron chi connectivity index (χ3n) is 4.46. The van der Waals surface area contributed by atoms with Gasteiger partial charge in [-0.1, -0.05) is 30.7 Å². The summed E-state index contributed by atoms with van der Waals surface area (Å²) in [7, 11) is 1.73. The lowest BCUT2D eigenvalue weighted by atomic mass is 10.1. The van der Waals surface area contributed by atoms with Gasteiger partial charge in [-0.25, -0.2) is 4.99 Å². The highest BCUT2D eigenvalue weighted by Crippen LogP contribution is 2.13. The van der Waals surface area contributed by atoms with Crippen LogP contribution in [-0.4, -0.2) is 50.8 Å². The molecule has 2 rings (SSSR count). The Morgan fingerprint density at radius 2 is 1.80 bits per heavy atom. The van der Waals surface area contributed by atoms with Gasteiger partial charge in [-0.05, 0) is 50.4 Å². The van der Waals surface area contributed by atoms with Crippen LogP contribution in [0.5, 0.6) is 0 Å². The third kappa shape index (κ3) is 7.88. The van der Waals surface area contributed by atoms with Crippen LogP contribution in [0.4, 0.5) is 0 Å². The number of benzene rings is 1. The van der Waals surface area contributed by atoms with Crippen molar-refractivity contribution in [1.29, 1.82) is 0 Å². The zero-order valence-corrected chi connectivity index (χ0v) is 15.9. The molecular formula is C20H34N4O. The lowest BCUT2D eigenvalue weighted by Gasteiger charge is -2.26. The maximum absolute atomic E-state index is 5.07. The second-order valence-electron chi connectivity index (χ2n) is 6.62. The highest BCUT2D eigenvalue weighted by molar-refractivity contribution is 5.79. The van der Waals surface area contributed by atoms with Crippen molar-refractivity contribution in [2.75, 3.05) is 39.9 Å². The van der Waals surface area contributed by atoms with Gasteiger partial charge in [-0.3, -0.25) is 4.90 Å². The molecule has 25 heavy (non-hydrogen) atoms. The molecule has 1 fully saturated rings. The molecule has 5 heteroatoms. The van der Waals surface area contributed by atoms with Gasteiger partial charge in [0, 0.05) is 33.4 Å². The highest BCUT2D eigenvalue weighted by Gasteiger charge is 2.10. The van der Waals surface area contributed by atoms with Crippen LogP contribution in [0, 0.1) is 0 Å². The van der Waals surface area contributed by atoms with E-state index < -0.39 is 0 Å². The number of nitrogens with one attached hydrogen (secondary N) is 2. The van der Waals surface area contributed by atoms with Crippen LogP contribution in [0.3, 0.4) is 0 Å². The van der Waals surface area contributed by atoms with E-state index in [1.165, 1.54) is 43.5 Å². The molecule has 1 heterocycles. The first kappa shape index (κ1) is 19.7. The van der Waals surface area contributed by atoms with Crippen LogP contribution in [0.2, 0.25) is 0 Å². The van der Waals surface area contributed by atoms with Crippen molar-refractivity contribution in [3.05, 3.63) is 35.4 Å². The second-order valence-corrected chi connectivity index (χ2v) is 6.62. The zero-order valence-electron chi connectivity index (χ0n) is 15.9. The molecule has 0 unspecified atom stereocenters. The van der Waals surface area contributed by atoms with Crippen LogP contribution in [0.25, 0.3) is 0 Å². The summed E-state index contributed by atoms with van der Waals surface area (Å²) in [5.74, 6) is 0.871. The fraction of sp³-hybridized carbons (Fsp3) is 0.650. The number of rotatable bonds is 9. The van der Waals surface area contributed by atoms with Gasteiger partial charge in [0.1, 0.15) is 0 Å². The van der Waals surface area contributed by atoms with Crippen LogP contribution in [0.15, 0.2) is 29.3 Å². The Morgan fingerprint density at radius 1 is 1.08 bits per heavy atom. The van der Waals surface area contributed by atoms with Crippen molar-refractivity contribution >= 4 is 5.96 Å². The Labute approximate surface area is 152 Å². The van der Waals surface area contributed by atoms with E-state index in [1.807, 2.05) is 0 Å². The number of aliphatic imine (C=N–C) groups is 1. The van der Waals surface area contributed by atoms with E-state index in [9.17, 15) is 0 Å². The molecular weight excluding hydrogens is 312 g/mol. The van der Waals surface area contributed by atoms with Gasteiger partial charge < -0.3 is 15.4 Å². The smallest absolute Gasteiger partial charge is 0.191 e. The molecule has 0 aromatic heterocycles. The van der Waals surface area contributed by atoms with Gasteiger partial charge in [-0.15, -0.1) is 0 Å². The molecule has 1 saturated heterocycles. The molecule has 1 aromatic carbocycles. The second kappa shape index (κ2) is 11.9. The summed E-state index contributed by atoms with van der Waals surface area (Å²) in [6.45, 7) is 8.85. The minimum atomic E-state index is 0.698. The van der Waals surface area contributed by atoms with E-state index in [0.29, 0.717) is 6.54 Å². The SMILES string of the molecule is CCNC(=NCc1ccc(CN2CCCCC2)cc1)NCCCOC. The Morgan fingerprint density at radius 3 is 2.48 bits per heavy atom. The maximum atomic E-state index is 5.07. The maximum Gasteiger partial charge on any atom is 0.191 e. The van der Waals surface area contributed by atoms with E-state index in [-0.39, 0.29) is 0 Å². The van der Waals surface area contributed by atoms with Crippen LogP contribution in [0.1, 0.15) is 43.7 Å². The Hall–Kier alpha value is -1.59. The van der Waals surface area contributed by atoms with Crippen molar-refractivity contribution in [3.63, 3.8) is 0 Å². The van der Waals surface area contributed by atoms with Gasteiger partial charge in [0.15, 0.2) is 5.96 Å². The number of nitrogens with zero attached hydrogens (tertiary/aromatic N) is 2. The first-order valence-electron chi connectivity index (χ1n) is 9.63. The minimum absolute atomic E-state index is 0.698. The summed E-state index contributed by atoms with van der Waals surface area (Å²) >= 11 is 0. The van der Waals surface area contributed by atoms with Crippen LogP contribution >= 0.6 is 0 Å². The molecule has 0 saturated carbocycles. The largest absolute Gasteiger partial charge is 0.385 e. The van der Waals surface area contributed by atoms with Gasteiger partial charge in [0.05, 0.1) is 6.54 Å². The fourth-order valence-corrected chi connectivity index (χ4v) is 3.06. The monoisotopic (exact) mass is 346 g/mol. The molecule has 0 spiro atoms. The number of likely N-dealkylation sites (tertiary alicyclic amines) is 1. The summed E-state index contributed by atoms with van der Waals surface area (Å²) < 4.78 is 5.07. The first-order valence-corrected chi connectivity index (χ1v) is 9.63. The minimum Gasteiger partial charge on any atom is -0.385 e. The molecule has 1 aliphatic heterocycles. The van der Waals surface area contributed by atoms with Crippen molar-refractivity contribution in [2.24, 2.45) is 4.99 Å². The van der Waals surface area contributed by atoms with Gasteiger partial charge in [0.25, 0.3) is 0 Å². The molecule has 0 amide bonds. The summed E-state index contributed by atoms with van der Waals surface area (Å²) in [6, 6.07) is 8.91. The Balaban J connectivity index is 1.80. The average Bonchev–Trinajstić information content (AvgIpc) is 2.65. The molecule has 0 atom stereocenters. The van der Waals surface area contributed by atoms with E-state index in [4.69, 9.17) is 4.74 Å². The van der Waals surface area contributed by atoms with E-state index >= 15 is 0 Å². The standard InChI is InChI=1S/C20H34N4O/c1-3-21-20(22-12-7-15-25-2)23-16-18-8-10-19(11-9-18)17-24-13-5-4-6-14-24/h8-11H,3-7,12-17H2,1-2H3,(H2,21,22,23). The molecule has 5 nitrogen and oxygen atoms in total. The van der Waals surface area contributed by atoms with E-state index in [1.54, 1.807) is 7.11 Å². The summed E-state index contributed by atoms with van der Waals surface area (Å²) in [4.78, 5) is 7.23. The topological polar surface area (TPSA) is 48.9 Å². The number of ether oxygens (including phenoxy) is 1. The van der Waals surface area contributed by atoms with Crippen molar-refractivity contribution < 1.29 is 4.74 Å². The number of hydrogen-bond donors (Lipinski definition) is 2. The molecule has 0 aliphatic carbocycles. The third-order valence-corrected chi connectivity index (χ3v) is 4.46. The lowest BCUT2D eigenvalue weighted by Crippen LogP contribution is -2.38. The zero-order chi connectivity index (χ0) is 17.7. The van der Waals surface area contributed by atoms with Gasteiger partial charge in [-0.2, -0.15) is 0 Å².